The Morgan fingerprint density at radius 2 is 1.68 bits per heavy atom. The van der Waals surface area contributed by atoms with E-state index in [2.05, 4.69) is 59.7 Å². The molecule has 2 aromatic heterocycles. The number of anilines is 4. The van der Waals surface area contributed by atoms with Gasteiger partial charge in [0.15, 0.2) is 5.82 Å². The van der Waals surface area contributed by atoms with Gasteiger partial charge in [0.1, 0.15) is 6.04 Å². The van der Waals surface area contributed by atoms with Gasteiger partial charge in [-0.3, -0.25) is 24.5 Å². The number of unbranched alkanes of at least 4 members (excludes halogenated alkanes) is 3. The Balaban J connectivity index is 0.742. The molecule has 0 bridgehead atoms. The summed E-state index contributed by atoms with van der Waals surface area (Å²) in [5.41, 5.74) is 14.8. The topological polar surface area (TPSA) is 202 Å². The van der Waals surface area contributed by atoms with Crippen LogP contribution in [0.3, 0.4) is 0 Å². The highest BCUT2D eigenvalue weighted by molar-refractivity contribution is 6.06. The first kappa shape index (κ1) is 37.3. The van der Waals surface area contributed by atoms with E-state index in [4.69, 9.17) is 5.73 Å². The predicted octanol–water partition coefficient (Wildman–Crippen LogP) is 4.98. The predicted molar refractivity (Wildman–Crippen MR) is 214 cm³/mol. The molecule has 3 aromatic carbocycles. The number of rotatable bonds is 14. The number of carbonyl (C=O) groups is 4. The van der Waals surface area contributed by atoms with Crippen LogP contribution in [0.5, 0.6) is 0 Å². The van der Waals surface area contributed by atoms with Crippen molar-refractivity contribution in [2.24, 2.45) is 0 Å². The summed E-state index contributed by atoms with van der Waals surface area (Å²) in [7, 11) is 0. The third-order valence-electron chi connectivity index (χ3n) is 10.8. The number of hydrogen-bond donors (Lipinski definition) is 5. The van der Waals surface area contributed by atoms with Crippen LogP contribution in [-0.4, -0.2) is 66.1 Å². The van der Waals surface area contributed by atoms with Crippen LogP contribution in [0.2, 0.25) is 0 Å². The van der Waals surface area contributed by atoms with Crippen molar-refractivity contribution in [3.05, 3.63) is 101 Å². The number of carbonyl (C=O) groups excluding carboxylic acids is 4. The largest absolute Gasteiger partial charge is 0.385 e. The lowest BCUT2D eigenvalue weighted by Gasteiger charge is -2.29. The molecule has 2 aliphatic heterocycles. The number of imide groups is 1. The van der Waals surface area contributed by atoms with Gasteiger partial charge in [0.05, 0.1) is 5.69 Å². The van der Waals surface area contributed by atoms with Crippen molar-refractivity contribution in [2.45, 2.75) is 83.3 Å². The van der Waals surface area contributed by atoms with Crippen molar-refractivity contribution in [1.82, 2.24) is 40.5 Å². The molecule has 1 saturated heterocycles. The van der Waals surface area contributed by atoms with Gasteiger partial charge in [-0.2, -0.15) is 9.67 Å². The van der Waals surface area contributed by atoms with E-state index < -0.39 is 11.9 Å². The molecule has 0 radical (unpaired) electrons. The van der Waals surface area contributed by atoms with E-state index in [1.165, 1.54) is 10.2 Å². The molecular formula is C42H45N11O4. The summed E-state index contributed by atoms with van der Waals surface area (Å²) in [6.07, 6.45) is 7.51. The minimum atomic E-state index is -0.634. The average molecular weight is 768 g/mol. The number of aryl methyl sites for hydroxylation is 2. The smallest absolute Gasteiger partial charge is 0.255 e. The summed E-state index contributed by atoms with van der Waals surface area (Å²) in [4.78, 5) is 55.6. The molecule has 0 spiro atoms. The summed E-state index contributed by atoms with van der Waals surface area (Å²) in [5.74, 6) is 0.171. The van der Waals surface area contributed by atoms with E-state index in [0.29, 0.717) is 43.3 Å². The Labute approximate surface area is 329 Å². The average Bonchev–Trinajstić information content (AvgIpc) is 3.68. The molecule has 1 atom stereocenters. The van der Waals surface area contributed by atoms with E-state index in [1.807, 2.05) is 48.5 Å². The Morgan fingerprint density at radius 1 is 0.877 bits per heavy atom. The molecule has 8 rings (SSSR count). The first-order valence-electron chi connectivity index (χ1n) is 19.6. The van der Waals surface area contributed by atoms with Crippen molar-refractivity contribution in [3.63, 3.8) is 0 Å². The maximum atomic E-state index is 13.1. The molecule has 3 aliphatic rings. The maximum absolute atomic E-state index is 13.1. The summed E-state index contributed by atoms with van der Waals surface area (Å²) in [5, 5.41) is 25.6. The second kappa shape index (κ2) is 16.6. The van der Waals surface area contributed by atoms with E-state index in [1.54, 1.807) is 11.0 Å². The molecule has 1 fully saturated rings. The number of nitrogens with one attached hydrogen (secondary N) is 4. The molecular weight excluding hydrogens is 723 g/mol. The van der Waals surface area contributed by atoms with Gasteiger partial charge >= 0.3 is 0 Å². The highest BCUT2D eigenvalue weighted by Gasteiger charge is 2.39. The number of piperidine rings is 1. The SMILES string of the molecule is Nc1nc(Nc2ccc(CNC(=O)CCCCCCNc3cccc4c3CN(C3CCC(=O)NC3=O)C4=O)cc2)nn1-c1cc2c(nn1)-c1ccccc1CCC2. The quantitative estimate of drug-likeness (QED) is 0.0754. The van der Waals surface area contributed by atoms with E-state index in [0.717, 1.165) is 90.8 Å². The summed E-state index contributed by atoms with van der Waals surface area (Å²) >= 11 is 0. The van der Waals surface area contributed by atoms with Crippen molar-refractivity contribution < 1.29 is 19.2 Å². The van der Waals surface area contributed by atoms with Crippen molar-refractivity contribution in [3.8, 4) is 17.1 Å². The van der Waals surface area contributed by atoms with Crippen LogP contribution < -0.4 is 27.0 Å². The van der Waals surface area contributed by atoms with Crippen molar-refractivity contribution in [1.29, 1.82) is 0 Å². The van der Waals surface area contributed by atoms with Gasteiger partial charge < -0.3 is 26.6 Å². The fraction of sp³-hybridized carbons (Fsp3) is 0.333. The molecule has 57 heavy (non-hydrogen) atoms. The molecule has 15 nitrogen and oxygen atoms in total. The number of hydrogen-bond acceptors (Lipinski definition) is 11. The number of nitrogens with two attached hydrogens (primary N) is 1. The highest BCUT2D eigenvalue weighted by atomic mass is 16.2. The summed E-state index contributed by atoms with van der Waals surface area (Å²) in [6, 6.07) is 22.9. The number of benzene rings is 3. The molecule has 292 valence electrons. The zero-order chi connectivity index (χ0) is 39.3. The zero-order valence-corrected chi connectivity index (χ0v) is 31.6. The molecule has 1 unspecified atom stereocenters. The first-order chi connectivity index (χ1) is 27.8. The monoisotopic (exact) mass is 767 g/mol. The molecule has 15 heteroatoms. The molecule has 4 amide bonds. The van der Waals surface area contributed by atoms with Gasteiger partial charge in [-0.05, 0) is 85.5 Å². The zero-order valence-electron chi connectivity index (χ0n) is 31.6. The summed E-state index contributed by atoms with van der Waals surface area (Å²) < 4.78 is 1.49. The number of nitrogen functional groups attached to an aromatic ring is 1. The van der Waals surface area contributed by atoms with E-state index in [9.17, 15) is 19.2 Å². The second-order valence-electron chi connectivity index (χ2n) is 14.7. The number of amides is 4. The van der Waals surface area contributed by atoms with E-state index >= 15 is 0 Å². The number of nitrogens with zero attached hydrogens (tertiary/aromatic N) is 6. The summed E-state index contributed by atoms with van der Waals surface area (Å²) in [6.45, 7) is 1.49. The van der Waals surface area contributed by atoms with Gasteiger partial charge in [0, 0.05) is 60.5 Å². The fourth-order valence-corrected chi connectivity index (χ4v) is 7.79. The normalized spacial score (nSPS) is 16.0. The molecule has 1 aliphatic carbocycles. The van der Waals surface area contributed by atoms with Gasteiger partial charge in [0.25, 0.3) is 5.91 Å². The Morgan fingerprint density at radius 3 is 2.54 bits per heavy atom. The number of aromatic nitrogens is 5. The highest BCUT2D eigenvalue weighted by Crippen LogP contribution is 2.33. The van der Waals surface area contributed by atoms with Crippen LogP contribution in [0.4, 0.5) is 23.3 Å². The standard InChI is InChI=1S/C42H45N11O4/c43-41-48-42(51-53(41)35-23-28-11-7-10-27-9-4-5-12-30(27)38(28)50-49-35)46-29-18-16-26(17-19-29)24-45-36(54)15-3-1-2-6-22-44-33-14-8-13-31-32(33)25-52(40(31)57)34-20-21-37(55)47-39(34)56/h4-5,8-9,12-14,16-19,23,34,44H,1-3,6-7,10-11,15,20-22,24-25H2,(H,45,54)(H,47,55,56)(H3,43,46,48,51). The first-order valence-corrected chi connectivity index (χ1v) is 19.6. The van der Waals surface area contributed by atoms with Gasteiger partial charge in [-0.1, -0.05) is 55.3 Å². The third kappa shape index (κ3) is 8.32. The molecule has 6 N–H and O–H groups in total. The van der Waals surface area contributed by atoms with Crippen LogP contribution in [-0.2, 0) is 40.3 Å². The Hall–Kier alpha value is -6.64. The molecule has 5 aromatic rings. The lowest BCUT2D eigenvalue weighted by molar-refractivity contribution is -0.137. The molecule has 0 saturated carbocycles. The fourth-order valence-electron chi connectivity index (χ4n) is 7.79. The van der Waals surface area contributed by atoms with Crippen LogP contribution in [0.1, 0.15) is 84.0 Å². The Kier molecular flexibility index (Phi) is 10.9. The molecule has 4 heterocycles. The Bertz CT molecular complexity index is 2320. The minimum Gasteiger partial charge on any atom is -0.385 e. The van der Waals surface area contributed by atoms with Crippen LogP contribution in [0, 0.1) is 0 Å². The third-order valence-corrected chi connectivity index (χ3v) is 10.8. The van der Waals surface area contributed by atoms with Gasteiger partial charge in [-0.25, -0.2) is 0 Å². The van der Waals surface area contributed by atoms with Crippen LogP contribution in [0.15, 0.2) is 72.8 Å². The lowest BCUT2D eigenvalue weighted by Crippen LogP contribution is -2.52. The van der Waals surface area contributed by atoms with Crippen molar-refractivity contribution in [2.75, 3.05) is 22.9 Å². The number of fused-ring (bicyclic) bond motifs is 4. The van der Waals surface area contributed by atoms with Crippen LogP contribution in [0.25, 0.3) is 17.1 Å². The maximum Gasteiger partial charge on any atom is 0.255 e. The van der Waals surface area contributed by atoms with Gasteiger partial charge in [0.2, 0.25) is 29.6 Å². The minimum absolute atomic E-state index is 0.00994. The van der Waals surface area contributed by atoms with E-state index in [-0.39, 0.29) is 30.1 Å². The van der Waals surface area contributed by atoms with Crippen LogP contribution >= 0.6 is 0 Å². The lowest BCUT2D eigenvalue weighted by atomic mass is 10.0. The van der Waals surface area contributed by atoms with Crippen molar-refractivity contribution >= 4 is 46.9 Å². The second-order valence-corrected chi connectivity index (χ2v) is 14.7. The van der Waals surface area contributed by atoms with Gasteiger partial charge in [-0.15, -0.1) is 15.3 Å².